The normalized spacial score (nSPS) is 14.5. The van der Waals surface area contributed by atoms with Crippen LogP contribution in [0.4, 0.5) is 34.1 Å². The molecule has 0 radical (unpaired) electrons. The molecule has 0 saturated carbocycles. The second-order valence-electron chi connectivity index (χ2n) is 41.6. The van der Waals surface area contributed by atoms with Crippen LogP contribution in [-0.2, 0) is 55.2 Å². The third-order valence-corrected chi connectivity index (χ3v) is 24.3. The molecule has 4 heteroatoms. The van der Waals surface area contributed by atoms with Gasteiger partial charge in [-0.15, -0.1) is 0 Å². The van der Waals surface area contributed by atoms with Gasteiger partial charge in [0.1, 0.15) is 0 Å². The van der Waals surface area contributed by atoms with Crippen molar-refractivity contribution in [1.82, 2.24) is 4.57 Å². The predicted octanol–water partition coefficient (Wildman–Crippen LogP) is 27.0. The van der Waals surface area contributed by atoms with E-state index >= 15 is 0 Å². The summed E-state index contributed by atoms with van der Waals surface area (Å²) in [6.07, 6.45) is 0.916. The van der Waals surface area contributed by atoms with Gasteiger partial charge in [-0.1, -0.05) is 326 Å². The average molecular weight is 1420 g/mol. The highest BCUT2D eigenvalue weighted by Crippen LogP contribution is 2.57. The van der Waals surface area contributed by atoms with Crippen LogP contribution in [0.5, 0.6) is 0 Å². The van der Waals surface area contributed by atoms with Gasteiger partial charge in [0.2, 0.25) is 0 Å². The number of aromatic nitrogens is 1. The van der Waals surface area contributed by atoms with Gasteiger partial charge in [0, 0.05) is 56.3 Å². The highest BCUT2D eigenvalue weighted by molar-refractivity contribution is 7.00. The molecule has 0 atom stereocenters. The summed E-state index contributed by atoms with van der Waals surface area (Å²) in [6.45, 7) is 64.4. The summed E-state index contributed by atoms with van der Waals surface area (Å²) < 4.78 is 2.60. The molecule has 3 aliphatic rings. The van der Waals surface area contributed by atoms with Gasteiger partial charge in [-0.2, -0.15) is 0 Å². The molecule has 0 spiro atoms. The molecule has 0 fully saturated rings. The first-order valence-corrected chi connectivity index (χ1v) is 40.2. The van der Waals surface area contributed by atoms with E-state index in [1.807, 2.05) is 0 Å². The third kappa shape index (κ3) is 12.9. The van der Waals surface area contributed by atoms with Crippen LogP contribution in [0.1, 0.15) is 271 Å². The molecule has 11 aromatic carbocycles. The first kappa shape index (κ1) is 74.4. The summed E-state index contributed by atoms with van der Waals surface area (Å²) >= 11 is 0. The number of rotatable bonds is 6. The molecule has 2 aliphatic heterocycles. The Hall–Kier alpha value is -9.12. The number of hydrogen-bond donors (Lipinski definition) is 0. The largest absolute Gasteiger partial charge is 0.310 e. The van der Waals surface area contributed by atoms with Crippen molar-refractivity contribution in [2.75, 3.05) is 9.80 Å². The summed E-state index contributed by atoms with van der Waals surface area (Å²) in [7, 11) is 0. The van der Waals surface area contributed by atoms with E-state index in [1.54, 1.807) is 0 Å². The van der Waals surface area contributed by atoms with Gasteiger partial charge in [-0.3, -0.25) is 0 Å². The molecular formula is C104H118BN3. The second kappa shape index (κ2) is 25.2. The molecule has 108 heavy (non-hydrogen) atoms. The van der Waals surface area contributed by atoms with E-state index in [-0.39, 0.29) is 61.4 Å². The smallest absolute Gasteiger partial charge is 0.252 e. The van der Waals surface area contributed by atoms with Crippen LogP contribution in [0.15, 0.2) is 206 Å². The van der Waals surface area contributed by atoms with Crippen molar-refractivity contribution >= 4 is 79.0 Å². The number of fused-ring (bicyclic) bond motifs is 9. The first-order valence-electron chi connectivity index (χ1n) is 40.2. The maximum atomic E-state index is 2.83. The molecule has 552 valence electrons. The molecule has 0 bridgehead atoms. The zero-order valence-electron chi connectivity index (χ0n) is 70.3. The Morgan fingerprint density at radius 1 is 0.296 bits per heavy atom. The Morgan fingerprint density at radius 2 is 0.657 bits per heavy atom. The van der Waals surface area contributed by atoms with Crippen molar-refractivity contribution in [3.8, 4) is 27.9 Å². The Morgan fingerprint density at radius 3 is 1.05 bits per heavy atom. The summed E-state index contributed by atoms with van der Waals surface area (Å²) in [4.78, 5) is 5.65. The van der Waals surface area contributed by atoms with Gasteiger partial charge in [0.05, 0.1) is 22.4 Å². The van der Waals surface area contributed by atoms with Gasteiger partial charge in [0.15, 0.2) is 0 Å². The molecule has 15 rings (SSSR count). The maximum absolute atomic E-state index is 2.83. The monoisotopic (exact) mass is 1420 g/mol. The Labute approximate surface area is 649 Å². The molecule has 3 nitrogen and oxygen atoms in total. The highest BCUT2D eigenvalue weighted by atomic mass is 15.2. The second-order valence-corrected chi connectivity index (χ2v) is 41.6. The first-order chi connectivity index (χ1) is 50.2. The van der Waals surface area contributed by atoms with Gasteiger partial charge in [-0.05, 0) is 227 Å². The van der Waals surface area contributed by atoms with Crippen LogP contribution >= 0.6 is 0 Å². The zero-order valence-corrected chi connectivity index (χ0v) is 70.3. The van der Waals surface area contributed by atoms with Crippen molar-refractivity contribution in [3.05, 3.63) is 284 Å². The zero-order chi connectivity index (χ0) is 77.6. The van der Waals surface area contributed by atoms with Crippen LogP contribution < -0.4 is 26.2 Å². The molecule has 0 saturated heterocycles. The van der Waals surface area contributed by atoms with Gasteiger partial charge in [0.25, 0.3) is 6.71 Å². The number of hydrogen-bond acceptors (Lipinski definition) is 2. The fraction of sp³-hybridized carbons (Fsp3) is 0.365. The van der Waals surface area contributed by atoms with Crippen molar-refractivity contribution in [2.24, 2.45) is 0 Å². The quantitative estimate of drug-likeness (QED) is 0.154. The lowest BCUT2D eigenvalue weighted by atomic mass is 9.33. The van der Waals surface area contributed by atoms with E-state index in [9.17, 15) is 0 Å². The maximum Gasteiger partial charge on any atom is 0.252 e. The minimum Gasteiger partial charge on any atom is -0.310 e. The van der Waals surface area contributed by atoms with E-state index in [0.717, 1.165) is 12.1 Å². The van der Waals surface area contributed by atoms with E-state index in [1.165, 1.54) is 172 Å². The van der Waals surface area contributed by atoms with Crippen molar-refractivity contribution < 1.29 is 0 Å². The topological polar surface area (TPSA) is 11.4 Å². The standard InChI is InChI=1S/C104H118BN3/c1-96(2,3)68-41-36-63(37-42-68)78-56-72(100(13,14)15)58-82(103(22,23)24)94(78)107-88-53-67(92-76-34-30-28-32-65(76)52-66-33-29-31-35-77(66)92)40-48-84(88)105-85-49-47-75(106-86-50-45-70(98(7,8)9)54-80(86)81-55-71(99(10,11)12)46-51-87(81)106)62-89(85)108(91-61-74(102(19,20)21)60-90(107)93(91)105)95-79(64-38-43-69(44-39-64)97(4,5)6)57-73(101(16,17)18)59-83(95)104(25,26)27/h28-51,53-62,92H,52H2,1-27H3. The van der Waals surface area contributed by atoms with E-state index in [0.29, 0.717) is 0 Å². The van der Waals surface area contributed by atoms with Crippen molar-refractivity contribution in [3.63, 3.8) is 0 Å². The van der Waals surface area contributed by atoms with Gasteiger partial charge < -0.3 is 14.4 Å². The predicted molar refractivity (Wildman–Crippen MR) is 471 cm³/mol. The molecule has 0 unspecified atom stereocenters. The van der Waals surface area contributed by atoms with Gasteiger partial charge >= 0.3 is 0 Å². The fourth-order valence-corrected chi connectivity index (χ4v) is 17.6. The lowest BCUT2D eigenvalue weighted by Gasteiger charge is -2.48. The Balaban J connectivity index is 1.14. The molecule has 0 N–H and O–H groups in total. The van der Waals surface area contributed by atoms with Crippen LogP contribution in [-0.4, -0.2) is 11.3 Å². The Bertz CT molecular complexity index is 5470. The SMILES string of the molecule is CC(C)(C)c1ccc(-c2cc(C(C)(C)C)cc(C(C)(C)C)c2N2c3cc(C4c5ccccc5Cc5ccccc54)ccc3B3c4ccc(-n5c6ccc(C(C)(C)C)cc6c6cc(C(C)(C)C)ccc65)cc4N(c4c(-c5ccc(C(C)(C)C)cc5)cc(C(C)(C)C)cc4C(C)(C)C)c4cc(C(C)(C)C)cc2c43)cc1. The number of benzene rings is 11. The van der Waals surface area contributed by atoms with Crippen LogP contribution in [0, 0.1) is 0 Å². The van der Waals surface area contributed by atoms with Crippen molar-refractivity contribution in [2.45, 2.75) is 248 Å². The van der Waals surface area contributed by atoms with E-state index in [2.05, 4.69) is 408 Å². The van der Waals surface area contributed by atoms with E-state index in [4.69, 9.17) is 0 Å². The fourth-order valence-electron chi connectivity index (χ4n) is 17.6. The minimum atomic E-state index is -0.325. The highest BCUT2D eigenvalue weighted by Gasteiger charge is 2.48. The third-order valence-electron chi connectivity index (χ3n) is 24.3. The lowest BCUT2D eigenvalue weighted by molar-refractivity contribution is 0.569. The summed E-state index contributed by atoms with van der Waals surface area (Å²) in [5, 5.41) is 2.57. The van der Waals surface area contributed by atoms with Crippen LogP contribution in [0.2, 0.25) is 0 Å². The Kier molecular flexibility index (Phi) is 17.4. The summed E-state index contributed by atoms with van der Waals surface area (Å²) in [5.74, 6) is 0.00979. The molecule has 1 aliphatic carbocycles. The van der Waals surface area contributed by atoms with Crippen LogP contribution in [0.25, 0.3) is 49.7 Å². The van der Waals surface area contributed by atoms with Crippen molar-refractivity contribution in [1.29, 1.82) is 0 Å². The van der Waals surface area contributed by atoms with Crippen LogP contribution in [0.3, 0.4) is 0 Å². The number of anilines is 6. The summed E-state index contributed by atoms with van der Waals surface area (Å²) in [5.41, 5.74) is 37.0. The minimum absolute atomic E-state index is 0.00979. The molecular weight excluding hydrogens is 1300 g/mol. The van der Waals surface area contributed by atoms with E-state index < -0.39 is 0 Å². The molecule has 12 aromatic rings. The molecule has 3 heterocycles. The average Bonchev–Trinajstić information content (AvgIpc) is 0.743. The molecule has 1 aromatic heterocycles. The lowest BCUT2D eigenvalue weighted by Crippen LogP contribution is -2.61. The number of nitrogens with zero attached hydrogens (tertiary/aromatic N) is 3. The molecule has 0 amide bonds. The summed E-state index contributed by atoms with van der Waals surface area (Å²) in [6, 6.07) is 83.6. The van der Waals surface area contributed by atoms with Gasteiger partial charge in [-0.25, -0.2) is 0 Å².